The molecule has 1 atom stereocenters. The molecule has 6 heteroatoms. The second-order valence-corrected chi connectivity index (χ2v) is 5.51. The van der Waals surface area contributed by atoms with Gasteiger partial charge in [-0.1, -0.05) is 26.1 Å². The number of rotatable bonds is 6. The van der Waals surface area contributed by atoms with Gasteiger partial charge < -0.3 is 15.8 Å². The third-order valence-electron chi connectivity index (χ3n) is 2.91. The number of anilines is 1. The maximum absolute atomic E-state index is 11.8. The number of hydrogen-bond acceptors (Lipinski definition) is 5. The molecule has 0 aliphatic heterocycles. The maximum Gasteiger partial charge on any atom is 0.328 e. The number of methoxy groups -OCH3 is 1. The Hall–Kier alpha value is -1.69. The van der Waals surface area contributed by atoms with Crippen LogP contribution in [0.5, 0.6) is 0 Å². The smallest absolute Gasteiger partial charge is 0.328 e. The van der Waals surface area contributed by atoms with Gasteiger partial charge in [0.05, 0.1) is 12.7 Å². The molecule has 110 valence electrons. The number of thiocarbonyl (C=S) groups is 1. The number of nitrogens with zero attached hydrogens (tertiary/aromatic N) is 1. The normalized spacial score (nSPS) is 12.1. The molecule has 1 unspecified atom stereocenters. The lowest BCUT2D eigenvalue weighted by Gasteiger charge is -2.21. The zero-order chi connectivity index (χ0) is 15.3. The van der Waals surface area contributed by atoms with Crippen LogP contribution < -0.4 is 11.1 Å². The van der Waals surface area contributed by atoms with Crippen LogP contribution in [0.25, 0.3) is 0 Å². The van der Waals surface area contributed by atoms with E-state index in [0.717, 1.165) is 5.56 Å². The Bertz CT molecular complexity index is 503. The molecule has 0 spiro atoms. The monoisotopic (exact) mass is 295 g/mol. The summed E-state index contributed by atoms with van der Waals surface area (Å²) < 4.78 is 4.82. The van der Waals surface area contributed by atoms with Crippen LogP contribution in [0.4, 0.5) is 5.82 Å². The molecule has 0 radical (unpaired) electrons. The van der Waals surface area contributed by atoms with Crippen molar-refractivity contribution in [3.8, 4) is 0 Å². The number of nitrogens with two attached hydrogens (primary N) is 1. The minimum absolute atomic E-state index is 0.256. The predicted octanol–water partition coefficient (Wildman–Crippen LogP) is 2.02. The first-order valence-electron chi connectivity index (χ1n) is 6.46. The van der Waals surface area contributed by atoms with Crippen molar-refractivity contribution in [2.75, 3.05) is 12.4 Å². The summed E-state index contributed by atoms with van der Waals surface area (Å²) in [5, 5.41) is 3.10. The Morgan fingerprint density at radius 1 is 1.55 bits per heavy atom. The van der Waals surface area contributed by atoms with E-state index < -0.39 is 6.04 Å². The summed E-state index contributed by atoms with van der Waals surface area (Å²) >= 11 is 5.05. The number of nitrogens with one attached hydrogen (secondary N) is 1. The molecule has 0 aromatic carbocycles. The average Bonchev–Trinajstić information content (AvgIpc) is 2.36. The first kappa shape index (κ1) is 16.4. The first-order valence-corrected chi connectivity index (χ1v) is 6.87. The van der Waals surface area contributed by atoms with Crippen LogP contribution in [-0.4, -0.2) is 29.1 Å². The van der Waals surface area contributed by atoms with Crippen molar-refractivity contribution in [3.63, 3.8) is 0 Å². The van der Waals surface area contributed by atoms with Gasteiger partial charge in [0.15, 0.2) is 0 Å². The quantitative estimate of drug-likeness (QED) is 0.617. The molecule has 1 rings (SSSR count). The van der Waals surface area contributed by atoms with Gasteiger partial charge >= 0.3 is 5.97 Å². The van der Waals surface area contributed by atoms with E-state index in [0.29, 0.717) is 23.7 Å². The number of esters is 1. The molecule has 0 fully saturated rings. The third-order valence-corrected chi connectivity index (χ3v) is 3.11. The van der Waals surface area contributed by atoms with E-state index in [-0.39, 0.29) is 11.0 Å². The van der Waals surface area contributed by atoms with E-state index >= 15 is 0 Å². The second-order valence-electron chi connectivity index (χ2n) is 5.07. The number of carbonyl (C=O) groups is 1. The minimum Gasteiger partial charge on any atom is -0.467 e. The standard InChI is InChI=1S/C14H21N3O2S/c1-8(2)7-10(14(18)19-4)17-13-11(12(15)20)9(3)5-6-16-13/h5-6,8,10H,7H2,1-4H3,(H2,15,20)(H,16,17). The van der Waals surface area contributed by atoms with E-state index in [4.69, 9.17) is 22.7 Å². The molecule has 1 aromatic heterocycles. The first-order chi connectivity index (χ1) is 9.36. The summed E-state index contributed by atoms with van der Waals surface area (Å²) in [7, 11) is 1.37. The van der Waals surface area contributed by atoms with Gasteiger partial charge in [-0.3, -0.25) is 0 Å². The Morgan fingerprint density at radius 2 is 2.20 bits per heavy atom. The van der Waals surface area contributed by atoms with Crippen LogP contribution in [0.1, 0.15) is 31.4 Å². The lowest BCUT2D eigenvalue weighted by Crippen LogP contribution is -2.33. The summed E-state index contributed by atoms with van der Waals surface area (Å²) in [6.45, 7) is 5.97. The third kappa shape index (κ3) is 4.16. The van der Waals surface area contributed by atoms with Crippen molar-refractivity contribution in [2.24, 2.45) is 11.7 Å². The van der Waals surface area contributed by atoms with Crippen LogP contribution in [0.15, 0.2) is 12.3 Å². The van der Waals surface area contributed by atoms with Crippen molar-refractivity contribution >= 4 is 29.0 Å². The predicted molar refractivity (Wildman–Crippen MR) is 83.7 cm³/mol. The summed E-state index contributed by atoms with van der Waals surface area (Å²) in [5.74, 6) is 0.536. The molecule has 0 aliphatic rings. The summed E-state index contributed by atoms with van der Waals surface area (Å²) in [6.07, 6.45) is 2.29. The molecule has 5 nitrogen and oxygen atoms in total. The van der Waals surface area contributed by atoms with Gasteiger partial charge in [-0.2, -0.15) is 0 Å². The second kappa shape index (κ2) is 7.19. The number of hydrogen-bond donors (Lipinski definition) is 2. The number of carbonyl (C=O) groups excluding carboxylic acids is 1. The molecule has 0 saturated carbocycles. The zero-order valence-corrected chi connectivity index (χ0v) is 13.1. The largest absolute Gasteiger partial charge is 0.467 e. The van der Waals surface area contributed by atoms with E-state index in [2.05, 4.69) is 10.3 Å². The van der Waals surface area contributed by atoms with Gasteiger partial charge in [0.1, 0.15) is 16.8 Å². The van der Waals surface area contributed by atoms with Crippen LogP contribution in [0.2, 0.25) is 0 Å². The topological polar surface area (TPSA) is 77.2 Å². The van der Waals surface area contributed by atoms with Gasteiger partial charge in [-0.15, -0.1) is 0 Å². The van der Waals surface area contributed by atoms with Crippen LogP contribution in [0, 0.1) is 12.8 Å². The Balaban J connectivity index is 3.08. The molecule has 0 aliphatic carbocycles. The van der Waals surface area contributed by atoms with E-state index in [1.54, 1.807) is 6.20 Å². The van der Waals surface area contributed by atoms with Gasteiger partial charge in [-0.05, 0) is 30.9 Å². The Morgan fingerprint density at radius 3 is 2.70 bits per heavy atom. The summed E-state index contributed by atoms with van der Waals surface area (Å²) in [5.41, 5.74) is 7.32. The molecule has 1 heterocycles. The highest BCUT2D eigenvalue weighted by Crippen LogP contribution is 2.19. The summed E-state index contributed by atoms with van der Waals surface area (Å²) in [4.78, 5) is 16.3. The number of ether oxygens (including phenoxy) is 1. The fourth-order valence-corrected chi connectivity index (χ4v) is 2.23. The highest BCUT2D eigenvalue weighted by atomic mass is 32.1. The van der Waals surface area contributed by atoms with Gasteiger partial charge in [0.25, 0.3) is 0 Å². The fraction of sp³-hybridized carbons (Fsp3) is 0.500. The van der Waals surface area contributed by atoms with Crippen molar-refractivity contribution in [1.29, 1.82) is 0 Å². The molecular weight excluding hydrogens is 274 g/mol. The Labute approximate surface area is 124 Å². The molecule has 0 saturated heterocycles. The molecule has 0 bridgehead atoms. The molecule has 20 heavy (non-hydrogen) atoms. The molecular formula is C14H21N3O2S. The van der Waals surface area contributed by atoms with E-state index in [9.17, 15) is 4.79 Å². The van der Waals surface area contributed by atoms with Gasteiger partial charge in [0, 0.05) is 6.20 Å². The van der Waals surface area contributed by atoms with Gasteiger partial charge in [0.2, 0.25) is 0 Å². The molecule has 1 aromatic rings. The van der Waals surface area contributed by atoms with Crippen molar-refractivity contribution in [2.45, 2.75) is 33.2 Å². The van der Waals surface area contributed by atoms with Gasteiger partial charge in [-0.25, -0.2) is 9.78 Å². The molecule has 3 N–H and O–H groups in total. The van der Waals surface area contributed by atoms with Crippen LogP contribution in [0.3, 0.4) is 0 Å². The average molecular weight is 295 g/mol. The lowest BCUT2D eigenvalue weighted by molar-refractivity contribution is -0.141. The van der Waals surface area contributed by atoms with Crippen molar-refractivity contribution < 1.29 is 9.53 Å². The SMILES string of the molecule is COC(=O)C(CC(C)C)Nc1nccc(C)c1C(N)=S. The highest BCUT2D eigenvalue weighted by Gasteiger charge is 2.22. The van der Waals surface area contributed by atoms with Crippen LogP contribution in [-0.2, 0) is 9.53 Å². The highest BCUT2D eigenvalue weighted by molar-refractivity contribution is 7.80. The van der Waals surface area contributed by atoms with Crippen molar-refractivity contribution in [3.05, 3.63) is 23.4 Å². The Kier molecular flexibility index (Phi) is 5.88. The number of aromatic nitrogens is 1. The van der Waals surface area contributed by atoms with Crippen LogP contribution >= 0.6 is 12.2 Å². The van der Waals surface area contributed by atoms with Crippen molar-refractivity contribution in [1.82, 2.24) is 4.98 Å². The maximum atomic E-state index is 11.8. The summed E-state index contributed by atoms with van der Waals surface area (Å²) in [6, 6.07) is 1.36. The van der Waals surface area contributed by atoms with E-state index in [1.165, 1.54) is 7.11 Å². The zero-order valence-electron chi connectivity index (χ0n) is 12.3. The minimum atomic E-state index is -0.470. The molecule has 0 amide bonds. The lowest BCUT2D eigenvalue weighted by atomic mass is 10.0. The number of aryl methyl sites for hydroxylation is 1. The number of pyridine rings is 1. The fourth-order valence-electron chi connectivity index (χ4n) is 1.97. The van der Waals surface area contributed by atoms with E-state index in [1.807, 2.05) is 26.8 Å².